The molecular formula is C10H22BO2. The van der Waals surface area contributed by atoms with Gasteiger partial charge >= 0.3 is 0 Å². The molecule has 0 fully saturated rings. The zero-order valence-corrected chi connectivity index (χ0v) is 8.80. The monoisotopic (exact) mass is 185 g/mol. The Hall–Kier alpha value is -0.0151. The summed E-state index contributed by atoms with van der Waals surface area (Å²) in [6.07, 6.45) is 8.94. The van der Waals surface area contributed by atoms with Crippen molar-refractivity contribution in [1.29, 1.82) is 0 Å². The van der Waals surface area contributed by atoms with Gasteiger partial charge in [0, 0.05) is 0 Å². The maximum Gasteiger partial charge on any atom is 0.292 e. The molecule has 0 aliphatic carbocycles. The Bertz CT molecular complexity index is 79.0. The first-order valence-corrected chi connectivity index (χ1v) is 5.46. The lowest BCUT2D eigenvalue weighted by Crippen LogP contribution is -2.03. The number of aliphatic hydroxyl groups excluding tert-OH is 1. The smallest absolute Gasteiger partial charge is 0.292 e. The molecule has 13 heavy (non-hydrogen) atoms. The van der Waals surface area contributed by atoms with Gasteiger partial charge in [-0.05, 0) is 0 Å². The van der Waals surface area contributed by atoms with Crippen LogP contribution >= 0.6 is 0 Å². The minimum Gasteiger partial charge on any atom is -0.438 e. The lowest BCUT2D eigenvalue weighted by atomic mass is 9.91. The van der Waals surface area contributed by atoms with E-state index in [1.54, 1.807) is 0 Å². The van der Waals surface area contributed by atoms with E-state index in [1.165, 1.54) is 38.5 Å². The van der Waals surface area contributed by atoms with Crippen molar-refractivity contribution in [1.82, 2.24) is 0 Å². The van der Waals surface area contributed by atoms with E-state index in [1.807, 2.05) is 7.48 Å². The second kappa shape index (κ2) is 12.0. The van der Waals surface area contributed by atoms with Crippen molar-refractivity contribution in [3.8, 4) is 0 Å². The van der Waals surface area contributed by atoms with Crippen LogP contribution in [0, 0.1) is 0 Å². The zero-order chi connectivity index (χ0) is 9.78. The summed E-state index contributed by atoms with van der Waals surface area (Å²) in [7, 11) is 1.82. The summed E-state index contributed by atoms with van der Waals surface area (Å²) in [4.78, 5) is 0. The molecule has 0 aromatic heterocycles. The Balaban J connectivity index is 2.76. The number of hydrogen-bond donors (Lipinski definition) is 1. The molecule has 0 saturated heterocycles. The maximum absolute atomic E-state index is 8.42. The van der Waals surface area contributed by atoms with E-state index in [-0.39, 0.29) is 6.61 Å². The normalized spacial score (nSPS) is 10.3. The summed E-state index contributed by atoms with van der Waals surface area (Å²) in [6, 6.07) is 0. The van der Waals surface area contributed by atoms with E-state index < -0.39 is 0 Å². The molecule has 0 unspecified atom stereocenters. The molecule has 0 aromatic carbocycles. The minimum atomic E-state index is 0.118. The van der Waals surface area contributed by atoms with Gasteiger partial charge in [-0.3, -0.25) is 0 Å². The summed E-state index contributed by atoms with van der Waals surface area (Å²) in [6.45, 7) is 2.79. The van der Waals surface area contributed by atoms with Crippen molar-refractivity contribution in [2.24, 2.45) is 0 Å². The second-order valence-electron chi connectivity index (χ2n) is 3.32. The van der Waals surface area contributed by atoms with E-state index in [4.69, 9.17) is 9.76 Å². The third-order valence-electron chi connectivity index (χ3n) is 2.00. The number of aliphatic hydroxyl groups is 1. The first-order chi connectivity index (χ1) is 6.41. The molecule has 2 nitrogen and oxygen atoms in total. The molecule has 0 aromatic rings. The molecule has 0 saturated carbocycles. The molecule has 0 bridgehead atoms. The molecule has 77 valence electrons. The van der Waals surface area contributed by atoms with Crippen LogP contribution < -0.4 is 0 Å². The van der Waals surface area contributed by atoms with Gasteiger partial charge in [0.1, 0.15) is 0 Å². The molecule has 0 aliphatic rings. The third kappa shape index (κ3) is 12.0. The molecule has 1 N–H and O–H groups in total. The Morgan fingerprint density at radius 3 is 2.46 bits per heavy atom. The summed E-state index contributed by atoms with van der Waals surface area (Å²) in [5, 5.41) is 8.42. The minimum absolute atomic E-state index is 0.118. The fraction of sp³-hybridized carbons (Fsp3) is 1.00. The number of hydrogen-bond acceptors (Lipinski definition) is 2. The van der Waals surface area contributed by atoms with Gasteiger partial charge in [-0.1, -0.05) is 51.8 Å². The predicted octanol–water partition coefficient (Wildman–Crippen LogP) is 2.39. The van der Waals surface area contributed by atoms with E-state index in [9.17, 15) is 0 Å². The van der Waals surface area contributed by atoms with Crippen LogP contribution in [0.25, 0.3) is 0 Å². The number of unbranched alkanes of at least 4 members (excludes halogenated alkanes) is 5. The molecule has 0 aliphatic heterocycles. The van der Waals surface area contributed by atoms with Crippen LogP contribution in [-0.4, -0.2) is 25.8 Å². The van der Waals surface area contributed by atoms with Gasteiger partial charge in [0.05, 0.1) is 13.2 Å². The fourth-order valence-electron chi connectivity index (χ4n) is 1.23. The molecule has 0 rings (SSSR count). The summed E-state index contributed by atoms with van der Waals surface area (Å²) >= 11 is 0. The highest BCUT2D eigenvalue weighted by atomic mass is 16.4. The SMILES string of the molecule is CCCCCCCC[B]OCCO. The highest BCUT2D eigenvalue weighted by molar-refractivity contribution is 6.26. The molecule has 3 heteroatoms. The molecule has 0 heterocycles. The standard InChI is InChI=1S/C10H22BO2/c1-2-3-4-5-6-7-8-11-13-10-9-12/h12H,2-10H2,1H3. The van der Waals surface area contributed by atoms with E-state index in [0.29, 0.717) is 6.61 Å². The molecule has 0 amide bonds. The Morgan fingerprint density at radius 2 is 1.77 bits per heavy atom. The average Bonchev–Trinajstić information content (AvgIpc) is 2.16. The third-order valence-corrected chi connectivity index (χ3v) is 2.00. The van der Waals surface area contributed by atoms with E-state index in [0.717, 1.165) is 6.32 Å². The Labute approximate surface area is 83.0 Å². The van der Waals surface area contributed by atoms with Crippen LogP contribution in [0.4, 0.5) is 0 Å². The van der Waals surface area contributed by atoms with Gasteiger partial charge in [-0.15, -0.1) is 0 Å². The molecule has 0 spiro atoms. The number of rotatable bonds is 10. The maximum atomic E-state index is 8.42. The summed E-state index contributed by atoms with van der Waals surface area (Å²) in [5.74, 6) is 0. The highest BCUT2D eigenvalue weighted by Gasteiger charge is 1.93. The molecule has 0 atom stereocenters. The van der Waals surface area contributed by atoms with Crippen molar-refractivity contribution < 1.29 is 9.76 Å². The van der Waals surface area contributed by atoms with Gasteiger partial charge in [-0.2, -0.15) is 0 Å². The van der Waals surface area contributed by atoms with Gasteiger partial charge in [0.25, 0.3) is 7.48 Å². The van der Waals surface area contributed by atoms with Gasteiger partial charge < -0.3 is 9.76 Å². The van der Waals surface area contributed by atoms with Gasteiger partial charge in [0.2, 0.25) is 0 Å². The first kappa shape index (κ1) is 13.0. The predicted molar refractivity (Wildman–Crippen MR) is 57.0 cm³/mol. The van der Waals surface area contributed by atoms with Crippen LogP contribution in [0.15, 0.2) is 0 Å². The van der Waals surface area contributed by atoms with Crippen molar-refractivity contribution in [3.05, 3.63) is 0 Å². The first-order valence-electron chi connectivity index (χ1n) is 5.46. The second-order valence-corrected chi connectivity index (χ2v) is 3.32. The van der Waals surface area contributed by atoms with Crippen LogP contribution in [-0.2, 0) is 4.65 Å². The quantitative estimate of drug-likeness (QED) is 0.418. The van der Waals surface area contributed by atoms with Crippen molar-refractivity contribution in [2.45, 2.75) is 51.8 Å². The topological polar surface area (TPSA) is 29.5 Å². The lowest BCUT2D eigenvalue weighted by Gasteiger charge is -2.00. The van der Waals surface area contributed by atoms with Crippen LogP contribution in [0.2, 0.25) is 6.32 Å². The van der Waals surface area contributed by atoms with Crippen molar-refractivity contribution in [2.75, 3.05) is 13.2 Å². The fourth-order valence-corrected chi connectivity index (χ4v) is 1.23. The van der Waals surface area contributed by atoms with Crippen LogP contribution in [0.3, 0.4) is 0 Å². The highest BCUT2D eigenvalue weighted by Crippen LogP contribution is 2.06. The largest absolute Gasteiger partial charge is 0.438 e. The average molecular weight is 185 g/mol. The Morgan fingerprint density at radius 1 is 1.08 bits per heavy atom. The summed E-state index contributed by atoms with van der Waals surface area (Å²) < 4.78 is 5.04. The Kier molecular flexibility index (Phi) is 12.0. The van der Waals surface area contributed by atoms with Gasteiger partial charge in [-0.25, -0.2) is 0 Å². The van der Waals surface area contributed by atoms with Gasteiger partial charge in [0.15, 0.2) is 0 Å². The van der Waals surface area contributed by atoms with Crippen LogP contribution in [0.1, 0.15) is 45.4 Å². The van der Waals surface area contributed by atoms with Crippen molar-refractivity contribution >= 4 is 7.48 Å². The van der Waals surface area contributed by atoms with Crippen LogP contribution in [0.5, 0.6) is 0 Å². The summed E-state index contributed by atoms with van der Waals surface area (Å²) in [5.41, 5.74) is 0. The molecular weight excluding hydrogens is 163 g/mol. The lowest BCUT2D eigenvalue weighted by molar-refractivity contribution is 0.206. The molecule has 1 radical (unpaired) electrons. The van der Waals surface area contributed by atoms with E-state index >= 15 is 0 Å². The van der Waals surface area contributed by atoms with Crippen molar-refractivity contribution in [3.63, 3.8) is 0 Å². The zero-order valence-electron chi connectivity index (χ0n) is 8.80. The van der Waals surface area contributed by atoms with E-state index in [2.05, 4.69) is 6.92 Å².